The highest BCUT2D eigenvalue weighted by Gasteiger charge is 2.08. The molecule has 0 radical (unpaired) electrons. The van der Waals surface area contributed by atoms with Gasteiger partial charge in [-0.1, -0.05) is 36.4 Å². The Labute approximate surface area is 106 Å². The van der Waals surface area contributed by atoms with E-state index in [4.69, 9.17) is 5.73 Å². The summed E-state index contributed by atoms with van der Waals surface area (Å²) >= 11 is 0. The lowest BCUT2D eigenvalue weighted by atomic mass is 10.0. The van der Waals surface area contributed by atoms with Crippen LogP contribution in [0.4, 0.5) is 0 Å². The van der Waals surface area contributed by atoms with Crippen LogP contribution in [0.2, 0.25) is 0 Å². The minimum absolute atomic E-state index is 0.446. The van der Waals surface area contributed by atoms with Crippen molar-refractivity contribution < 1.29 is 4.79 Å². The first-order chi connectivity index (χ1) is 8.68. The Hall–Kier alpha value is -2.42. The third-order valence-electron chi connectivity index (χ3n) is 2.69. The Morgan fingerprint density at radius 2 is 1.89 bits per heavy atom. The Morgan fingerprint density at radius 1 is 1.17 bits per heavy atom. The second-order valence-electron chi connectivity index (χ2n) is 4.02. The van der Waals surface area contributed by atoms with Gasteiger partial charge in [-0.2, -0.15) is 0 Å². The Morgan fingerprint density at radius 3 is 2.56 bits per heavy atom. The van der Waals surface area contributed by atoms with Crippen LogP contribution in [0.1, 0.15) is 28.4 Å². The fourth-order valence-electron chi connectivity index (χ4n) is 1.81. The molecule has 1 amide bonds. The monoisotopic (exact) mass is 238 g/mol. The van der Waals surface area contributed by atoms with Crippen molar-refractivity contribution in [1.82, 2.24) is 4.98 Å². The van der Waals surface area contributed by atoms with Crippen molar-refractivity contribution >= 4 is 17.6 Å². The number of primary amides is 1. The summed E-state index contributed by atoms with van der Waals surface area (Å²) in [5.41, 5.74) is 8.68. The molecule has 0 aliphatic carbocycles. The highest BCUT2D eigenvalue weighted by Crippen LogP contribution is 2.20. The summed E-state index contributed by atoms with van der Waals surface area (Å²) in [4.78, 5) is 15.3. The van der Waals surface area contributed by atoms with Gasteiger partial charge in [0.25, 0.3) is 5.91 Å². The Balaban J connectivity index is 2.43. The van der Waals surface area contributed by atoms with Crippen LogP contribution in [0, 0.1) is 0 Å². The van der Waals surface area contributed by atoms with E-state index in [0.717, 1.165) is 16.7 Å². The molecule has 0 aliphatic rings. The number of benzene rings is 1. The minimum Gasteiger partial charge on any atom is -0.366 e. The molecule has 2 rings (SSSR count). The number of nitrogens with zero attached hydrogens (tertiary/aromatic N) is 1. The molecular formula is C15H14N2O. The van der Waals surface area contributed by atoms with Gasteiger partial charge in [-0.15, -0.1) is 0 Å². The molecule has 2 N–H and O–H groups in total. The third kappa shape index (κ3) is 2.63. The lowest BCUT2D eigenvalue weighted by Gasteiger charge is -2.06. The van der Waals surface area contributed by atoms with Crippen molar-refractivity contribution in [3.63, 3.8) is 0 Å². The van der Waals surface area contributed by atoms with Crippen LogP contribution in [-0.4, -0.2) is 10.9 Å². The first-order valence-electron chi connectivity index (χ1n) is 5.66. The first-order valence-corrected chi connectivity index (χ1v) is 5.66. The van der Waals surface area contributed by atoms with E-state index in [1.165, 1.54) is 6.20 Å². The van der Waals surface area contributed by atoms with Gasteiger partial charge in [0, 0.05) is 12.4 Å². The maximum absolute atomic E-state index is 11.3. The van der Waals surface area contributed by atoms with E-state index >= 15 is 0 Å². The van der Waals surface area contributed by atoms with Crippen molar-refractivity contribution in [2.24, 2.45) is 5.73 Å². The summed E-state index contributed by atoms with van der Waals surface area (Å²) in [6, 6.07) is 11.7. The molecule has 1 heterocycles. The smallest absolute Gasteiger partial charge is 0.250 e. The number of rotatable bonds is 3. The van der Waals surface area contributed by atoms with Crippen LogP contribution in [0.3, 0.4) is 0 Å². The van der Waals surface area contributed by atoms with E-state index in [1.807, 2.05) is 43.3 Å². The maximum atomic E-state index is 11.3. The summed E-state index contributed by atoms with van der Waals surface area (Å²) in [7, 11) is 0. The molecule has 0 unspecified atom stereocenters. The normalized spacial score (nSPS) is 11.3. The Kier molecular flexibility index (Phi) is 3.53. The van der Waals surface area contributed by atoms with Gasteiger partial charge in [0.05, 0.1) is 5.56 Å². The average Bonchev–Trinajstić information content (AvgIpc) is 2.40. The molecule has 0 aliphatic heterocycles. The van der Waals surface area contributed by atoms with E-state index in [0.29, 0.717) is 5.56 Å². The number of hydrogen-bond acceptors (Lipinski definition) is 2. The van der Waals surface area contributed by atoms with Gasteiger partial charge in [0.1, 0.15) is 0 Å². The zero-order valence-corrected chi connectivity index (χ0v) is 10.1. The molecule has 0 saturated heterocycles. The first kappa shape index (κ1) is 12.0. The van der Waals surface area contributed by atoms with Gasteiger partial charge < -0.3 is 5.73 Å². The SMILES string of the molecule is C/C(=C\c1ccccc1)c1ccncc1C(N)=O. The lowest BCUT2D eigenvalue weighted by molar-refractivity contribution is 0.0999. The largest absolute Gasteiger partial charge is 0.366 e. The van der Waals surface area contributed by atoms with Crippen LogP contribution in [0.5, 0.6) is 0 Å². The molecule has 0 fully saturated rings. The number of carbonyl (C=O) groups is 1. The lowest BCUT2D eigenvalue weighted by Crippen LogP contribution is -2.13. The van der Waals surface area contributed by atoms with Gasteiger partial charge in [-0.25, -0.2) is 0 Å². The molecule has 18 heavy (non-hydrogen) atoms. The van der Waals surface area contributed by atoms with Crippen LogP contribution < -0.4 is 5.73 Å². The number of pyridine rings is 1. The van der Waals surface area contributed by atoms with Gasteiger partial charge in [-0.05, 0) is 29.7 Å². The van der Waals surface area contributed by atoms with Crippen LogP contribution in [0.25, 0.3) is 11.6 Å². The van der Waals surface area contributed by atoms with Crippen molar-refractivity contribution in [3.05, 3.63) is 65.5 Å². The summed E-state index contributed by atoms with van der Waals surface area (Å²) < 4.78 is 0. The van der Waals surface area contributed by atoms with E-state index in [9.17, 15) is 4.79 Å². The molecule has 1 aromatic carbocycles. The van der Waals surface area contributed by atoms with Crippen LogP contribution in [-0.2, 0) is 0 Å². The van der Waals surface area contributed by atoms with E-state index in [2.05, 4.69) is 4.98 Å². The number of amides is 1. The summed E-state index contributed by atoms with van der Waals surface area (Å²) in [5, 5.41) is 0. The van der Waals surface area contributed by atoms with Crippen molar-refractivity contribution in [3.8, 4) is 0 Å². The number of nitrogens with two attached hydrogens (primary N) is 1. The predicted octanol–water partition coefficient (Wildman–Crippen LogP) is 2.74. The van der Waals surface area contributed by atoms with Crippen molar-refractivity contribution in [2.75, 3.05) is 0 Å². The molecule has 3 nitrogen and oxygen atoms in total. The summed E-state index contributed by atoms with van der Waals surface area (Å²) in [6.45, 7) is 1.95. The zero-order chi connectivity index (χ0) is 13.0. The summed E-state index contributed by atoms with van der Waals surface area (Å²) in [6.07, 6.45) is 5.17. The van der Waals surface area contributed by atoms with E-state index in [-0.39, 0.29) is 0 Å². The highest BCUT2D eigenvalue weighted by molar-refractivity contribution is 5.99. The molecule has 0 spiro atoms. The standard InChI is InChI=1S/C15H14N2O/c1-11(9-12-5-3-2-4-6-12)13-7-8-17-10-14(13)15(16)18/h2-10H,1H3,(H2,16,18)/b11-9+. The molecule has 3 heteroatoms. The second kappa shape index (κ2) is 5.27. The number of carbonyl (C=O) groups excluding carboxylic acids is 1. The summed E-state index contributed by atoms with van der Waals surface area (Å²) in [5.74, 6) is -0.459. The molecule has 90 valence electrons. The van der Waals surface area contributed by atoms with Crippen molar-refractivity contribution in [2.45, 2.75) is 6.92 Å². The third-order valence-corrected chi connectivity index (χ3v) is 2.69. The Bertz CT molecular complexity index is 588. The molecule has 2 aromatic rings. The van der Waals surface area contributed by atoms with Crippen LogP contribution in [0.15, 0.2) is 48.8 Å². The van der Waals surface area contributed by atoms with Crippen LogP contribution >= 0.6 is 0 Å². The van der Waals surface area contributed by atoms with Gasteiger partial charge >= 0.3 is 0 Å². The predicted molar refractivity (Wildman–Crippen MR) is 72.7 cm³/mol. The van der Waals surface area contributed by atoms with Gasteiger partial charge in [0.15, 0.2) is 0 Å². The van der Waals surface area contributed by atoms with E-state index < -0.39 is 5.91 Å². The second-order valence-corrected chi connectivity index (χ2v) is 4.02. The fourth-order valence-corrected chi connectivity index (χ4v) is 1.81. The molecule has 0 saturated carbocycles. The van der Waals surface area contributed by atoms with E-state index in [1.54, 1.807) is 12.3 Å². The fraction of sp³-hybridized carbons (Fsp3) is 0.0667. The topological polar surface area (TPSA) is 56.0 Å². The van der Waals surface area contributed by atoms with Crippen molar-refractivity contribution in [1.29, 1.82) is 0 Å². The molecule has 0 bridgehead atoms. The van der Waals surface area contributed by atoms with Gasteiger partial charge in [0.2, 0.25) is 0 Å². The zero-order valence-electron chi connectivity index (χ0n) is 10.1. The van der Waals surface area contributed by atoms with Gasteiger partial charge in [-0.3, -0.25) is 9.78 Å². The quantitative estimate of drug-likeness (QED) is 0.893. The number of aromatic nitrogens is 1. The maximum Gasteiger partial charge on any atom is 0.250 e. The molecule has 0 atom stereocenters. The molecule has 1 aromatic heterocycles. The molecular weight excluding hydrogens is 224 g/mol. The average molecular weight is 238 g/mol. The number of allylic oxidation sites excluding steroid dienone is 1. The minimum atomic E-state index is -0.459. The highest BCUT2D eigenvalue weighted by atomic mass is 16.1. The number of hydrogen-bond donors (Lipinski definition) is 1.